The Labute approximate surface area is 181 Å². The van der Waals surface area contributed by atoms with E-state index in [9.17, 15) is 9.59 Å². The van der Waals surface area contributed by atoms with Crippen LogP contribution in [0.3, 0.4) is 0 Å². The fourth-order valence-corrected chi connectivity index (χ4v) is 4.89. The molecule has 0 spiro atoms. The van der Waals surface area contributed by atoms with Gasteiger partial charge in [0.15, 0.2) is 0 Å². The van der Waals surface area contributed by atoms with Gasteiger partial charge in [-0.05, 0) is 79.0 Å². The minimum absolute atomic E-state index is 0.146. The first-order valence-electron chi connectivity index (χ1n) is 9.98. The zero-order chi connectivity index (χ0) is 21.6. The predicted molar refractivity (Wildman–Crippen MR) is 120 cm³/mol. The lowest BCUT2D eigenvalue weighted by atomic mass is 9.85. The number of carbonyl (C=O) groups excluding carboxylic acids is 2. The minimum atomic E-state index is -0.455. The molecular formula is C25H23ClN2O2. The Bertz CT molecular complexity index is 1200. The van der Waals surface area contributed by atoms with Crippen molar-refractivity contribution in [2.24, 2.45) is 5.73 Å². The van der Waals surface area contributed by atoms with E-state index in [-0.39, 0.29) is 5.91 Å². The summed E-state index contributed by atoms with van der Waals surface area (Å²) < 4.78 is 0. The molecule has 152 valence electrons. The van der Waals surface area contributed by atoms with Crippen molar-refractivity contribution in [3.8, 4) is 23.0 Å². The normalized spacial score (nSPS) is 14.7. The van der Waals surface area contributed by atoms with E-state index in [0.717, 1.165) is 39.8 Å². The quantitative estimate of drug-likeness (QED) is 0.736. The standard InChI is InChI=1S/C25H23ClN2O2/c1-4-6-22(29)28-10-9-17-16(13-28)7-5-8-18(17)24-21(26)12-20(25(27)30)19-11-14(2)15(3)23(19)24/h5,7-8,12H,9-11,13H2,1-3H3,(H2,27,30). The number of primary amides is 1. The smallest absolute Gasteiger partial charge is 0.298 e. The summed E-state index contributed by atoms with van der Waals surface area (Å²) in [4.78, 5) is 26.1. The molecule has 1 heterocycles. The van der Waals surface area contributed by atoms with E-state index >= 15 is 0 Å². The first-order valence-corrected chi connectivity index (χ1v) is 10.4. The lowest BCUT2D eigenvalue weighted by Crippen LogP contribution is -2.35. The highest BCUT2D eigenvalue weighted by molar-refractivity contribution is 6.34. The molecule has 2 N–H and O–H groups in total. The lowest BCUT2D eigenvalue weighted by molar-refractivity contribution is -0.125. The topological polar surface area (TPSA) is 63.4 Å². The van der Waals surface area contributed by atoms with Crippen molar-refractivity contribution in [2.75, 3.05) is 6.54 Å². The largest absolute Gasteiger partial charge is 0.366 e. The first kappa shape index (κ1) is 20.3. The summed E-state index contributed by atoms with van der Waals surface area (Å²) in [5.41, 5.74) is 14.8. The van der Waals surface area contributed by atoms with E-state index in [1.54, 1.807) is 17.9 Å². The van der Waals surface area contributed by atoms with Gasteiger partial charge in [-0.2, -0.15) is 0 Å². The van der Waals surface area contributed by atoms with Crippen molar-refractivity contribution in [2.45, 2.75) is 40.2 Å². The van der Waals surface area contributed by atoms with Gasteiger partial charge >= 0.3 is 0 Å². The van der Waals surface area contributed by atoms with E-state index in [1.165, 1.54) is 11.1 Å². The van der Waals surface area contributed by atoms with Gasteiger partial charge in [0.1, 0.15) is 0 Å². The van der Waals surface area contributed by atoms with Gasteiger partial charge in [-0.25, -0.2) is 0 Å². The number of halogens is 1. The summed E-state index contributed by atoms with van der Waals surface area (Å²) in [6, 6.07) is 7.84. The number of benzene rings is 2. The second kappa shape index (κ2) is 7.66. The average molecular weight is 419 g/mol. The highest BCUT2D eigenvalue weighted by Gasteiger charge is 2.29. The third kappa shape index (κ3) is 3.20. The molecular weight excluding hydrogens is 396 g/mol. The molecule has 30 heavy (non-hydrogen) atoms. The maximum absolute atomic E-state index is 12.2. The van der Waals surface area contributed by atoms with Gasteiger partial charge in [-0.15, -0.1) is 0 Å². The molecule has 0 saturated heterocycles. The number of nitrogens with zero attached hydrogens (tertiary/aromatic N) is 1. The summed E-state index contributed by atoms with van der Waals surface area (Å²) in [6.07, 6.45) is 1.43. The van der Waals surface area contributed by atoms with Crippen molar-refractivity contribution < 1.29 is 9.59 Å². The van der Waals surface area contributed by atoms with Crippen molar-refractivity contribution in [3.63, 3.8) is 0 Å². The van der Waals surface area contributed by atoms with E-state index in [1.807, 2.05) is 6.07 Å². The van der Waals surface area contributed by atoms with Gasteiger partial charge in [0.05, 0.1) is 0 Å². The zero-order valence-electron chi connectivity index (χ0n) is 17.4. The van der Waals surface area contributed by atoms with E-state index in [4.69, 9.17) is 17.3 Å². The third-order valence-corrected chi connectivity index (χ3v) is 6.46. The fourth-order valence-electron chi connectivity index (χ4n) is 4.59. The SMILES string of the molecule is CC#CC(=O)N1CCc2c(cccc2-c2c(Cl)cc(C(N)=O)c3c2C(C)=C(C)C3)C1. The summed E-state index contributed by atoms with van der Waals surface area (Å²) in [7, 11) is 0. The average Bonchev–Trinajstić information content (AvgIpc) is 3.01. The molecule has 5 heteroatoms. The van der Waals surface area contributed by atoms with Gasteiger partial charge in [0, 0.05) is 29.2 Å². The monoisotopic (exact) mass is 418 g/mol. The van der Waals surface area contributed by atoms with Gasteiger partial charge in [-0.3, -0.25) is 9.59 Å². The fraction of sp³-hybridized carbons (Fsp3) is 0.280. The van der Waals surface area contributed by atoms with Gasteiger partial charge in [-0.1, -0.05) is 41.3 Å². The number of rotatable bonds is 2. The summed E-state index contributed by atoms with van der Waals surface area (Å²) in [6.45, 7) is 6.97. The van der Waals surface area contributed by atoms with E-state index in [0.29, 0.717) is 30.1 Å². The Morgan fingerprint density at radius 2 is 1.93 bits per heavy atom. The van der Waals surface area contributed by atoms with Crippen molar-refractivity contribution in [3.05, 3.63) is 62.7 Å². The lowest BCUT2D eigenvalue weighted by Gasteiger charge is -2.29. The van der Waals surface area contributed by atoms with Gasteiger partial charge < -0.3 is 10.6 Å². The molecule has 4 rings (SSSR count). The van der Waals surface area contributed by atoms with E-state index in [2.05, 4.69) is 37.8 Å². The Kier molecular flexibility index (Phi) is 5.17. The van der Waals surface area contributed by atoms with Gasteiger partial charge in [0.2, 0.25) is 5.91 Å². The molecule has 0 radical (unpaired) electrons. The molecule has 0 fully saturated rings. The van der Waals surface area contributed by atoms with Crippen molar-refractivity contribution in [1.29, 1.82) is 0 Å². The Hall–Kier alpha value is -3.03. The number of amides is 2. The van der Waals surface area contributed by atoms with Crippen LogP contribution >= 0.6 is 11.6 Å². The molecule has 0 saturated carbocycles. The van der Waals surface area contributed by atoms with Crippen LogP contribution in [0.15, 0.2) is 29.8 Å². The number of nitrogens with two attached hydrogens (primary N) is 1. The van der Waals surface area contributed by atoms with Crippen LogP contribution in [0.2, 0.25) is 5.02 Å². The van der Waals surface area contributed by atoms with Crippen molar-refractivity contribution in [1.82, 2.24) is 4.90 Å². The second-order valence-electron chi connectivity index (χ2n) is 7.88. The maximum atomic E-state index is 12.2. The van der Waals surface area contributed by atoms with Crippen LogP contribution in [0.4, 0.5) is 0 Å². The highest BCUT2D eigenvalue weighted by atomic mass is 35.5. The number of allylic oxidation sites excluding steroid dienone is 2. The highest BCUT2D eigenvalue weighted by Crippen LogP contribution is 2.46. The molecule has 2 aromatic carbocycles. The number of fused-ring (bicyclic) bond motifs is 2. The van der Waals surface area contributed by atoms with Gasteiger partial charge in [0.25, 0.3) is 5.91 Å². The molecule has 2 aromatic rings. The second-order valence-corrected chi connectivity index (χ2v) is 8.28. The molecule has 0 unspecified atom stereocenters. The van der Waals surface area contributed by atoms with E-state index < -0.39 is 5.91 Å². The number of hydrogen-bond acceptors (Lipinski definition) is 2. The Morgan fingerprint density at radius 3 is 2.63 bits per heavy atom. The van der Waals surface area contributed by atoms with Crippen LogP contribution in [-0.4, -0.2) is 23.3 Å². The van der Waals surface area contributed by atoms with Crippen LogP contribution < -0.4 is 5.73 Å². The Balaban J connectivity index is 1.89. The molecule has 4 nitrogen and oxygen atoms in total. The molecule has 0 aromatic heterocycles. The molecule has 1 aliphatic carbocycles. The first-order chi connectivity index (χ1) is 14.3. The van der Waals surface area contributed by atoms with Crippen LogP contribution in [0.25, 0.3) is 16.7 Å². The number of hydrogen-bond donors (Lipinski definition) is 1. The molecule has 0 atom stereocenters. The predicted octanol–water partition coefficient (Wildman–Crippen LogP) is 4.36. The van der Waals surface area contributed by atoms with Crippen LogP contribution in [-0.2, 0) is 24.2 Å². The third-order valence-electron chi connectivity index (χ3n) is 6.16. The Morgan fingerprint density at radius 1 is 1.17 bits per heavy atom. The van der Waals surface area contributed by atoms with Crippen LogP contribution in [0.1, 0.15) is 53.4 Å². The minimum Gasteiger partial charge on any atom is -0.366 e. The molecule has 1 aliphatic heterocycles. The molecule has 2 aliphatic rings. The summed E-state index contributed by atoms with van der Waals surface area (Å²) >= 11 is 6.75. The van der Waals surface area contributed by atoms with Crippen LogP contribution in [0.5, 0.6) is 0 Å². The number of carbonyl (C=O) groups is 2. The van der Waals surface area contributed by atoms with Crippen LogP contribution in [0, 0.1) is 11.8 Å². The van der Waals surface area contributed by atoms with Crippen molar-refractivity contribution >= 4 is 29.0 Å². The zero-order valence-corrected chi connectivity index (χ0v) is 18.1. The molecule has 0 bridgehead atoms. The molecule has 2 amide bonds. The maximum Gasteiger partial charge on any atom is 0.298 e. The summed E-state index contributed by atoms with van der Waals surface area (Å²) in [5, 5.41) is 0.528. The summed E-state index contributed by atoms with van der Waals surface area (Å²) in [5.74, 6) is 4.71.